The molecule has 0 unspecified atom stereocenters. The summed E-state index contributed by atoms with van der Waals surface area (Å²) in [7, 11) is 0. The lowest BCUT2D eigenvalue weighted by atomic mass is 10.1. The van der Waals surface area contributed by atoms with Crippen molar-refractivity contribution >= 4 is 17.6 Å². The Hall–Kier alpha value is -3.54. The number of aryl methyl sites for hydroxylation is 1. The van der Waals surface area contributed by atoms with Gasteiger partial charge in [-0.1, -0.05) is 43.3 Å². The SMILES string of the molecule is CCc1ccccc1NC(=O)COC(=O)c1occc1COc1ccccc1. The number of anilines is 1. The first kappa shape index (κ1) is 19.2. The zero-order valence-corrected chi connectivity index (χ0v) is 15.5. The second kappa shape index (κ2) is 9.41. The molecular weight excluding hydrogens is 358 g/mol. The van der Waals surface area contributed by atoms with Crippen LogP contribution in [-0.4, -0.2) is 18.5 Å². The maximum Gasteiger partial charge on any atom is 0.375 e. The van der Waals surface area contributed by atoms with Gasteiger partial charge in [-0.3, -0.25) is 4.79 Å². The van der Waals surface area contributed by atoms with E-state index in [0.29, 0.717) is 17.0 Å². The number of amides is 1. The van der Waals surface area contributed by atoms with Crippen LogP contribution < -0.4 is 10.1 Å². The van der Waals surface area contributed by atoms with Crippen LogP contribution in [0.2, 0.25) is 0 Å². The molecule has 0 saturated carbocycles. The highest BCUT2D eigenvalue weighted by atomic mass is 16.5. The third-order valence-corrected chi connectivity index (χ3v) is 4.08. The zero-order valence-electron chi connectivity index (χ0n) is 15.5. The summed E-state index contributed by atoms with van der Waals surface area (Å²) in [5, 5.41) is 2.75. The highest BCUT2D eigenvalue weighted by Crippen LogP contribution is 2.17. The van der Waals surface area contributed by atoms with Gasteiger partial charge in [0.15, 0.2) is 6.61 Å². The van der Waals surface area contributed by atoms with Crippen molar-refractivity contribution in [2.45, 2.75) is 20.0 Å². The quantitative estimate of drug-likeness (QED) is 0.593. The number of carbonyl (C=O) groups is 2. The van der Waals surface area contributed by atoms with Gasteiger partial charge in [-0.25, -0.2) is 4.79 Å². The fourth-order valence-electron chi connectivity index (χ4n) is 2.64. The van der Waals surface area contributed by atoms with Crippen LogP contribution in [-0.2, 0) is 22.6 Å². The van der Waals surface area contributed by atoms with Crippen molar-refractivity contribution in [1.82, 2.24) is 0 Å². The van der Waals surface area contributed by atoms with Crippen LogP contribution in [0.1, 0.15) is 28.6 Å². The van der Waals surface area contributed by atoms with E-state index in [0.717, 1.165) is 12.0 Å². The van der Waals surface area contributed by atoms with Crippen molar-refractivity contribution in [3.8, 4) is 5.75 Å². The number of hydrogen-bond donors (Lipinski definition) is 1. The van der Waals surface area contributed by atoms with E-state index in [1.165, 1.54) is 6.26 Å². The molecule has 1 N–H and O–H groups in total. The van der Waals surface area contributed by atoms with Crippen LogP contribution in [0.25, 0.3) is 0 Å². The average molecular weight is 379 g/mol. The third kappa shape index (κ3) is 5.01. The lowest BCUT2D eigenvalue weighted by molar-refractivity contribution is -0.119. The van der Waals surface area contributed by atoms with E-state index in [4.69, 9.17) is 13.9 Å². The van der Waals surface area contributed by atoms with Crippen molar-refractivity contribution in [3.63, 3.8) is 0 Å². The summed E-state index contributed by atoms with van der Waals surface area (Å²) in [6.45, 7) is 1.75. The monoisotopic (exact) mass is 379 g/mol. The molecule has 0 atom stereocenters. The smallest absolute Gasteiger partial charge is 0.375 e. The Balaban J connectivity index is 1.54. The number of esters is 1. The number of hydrogen-bond acceptors (Lipinski definition) is 5. The van der Waals surface area contributed by atoms with E-state index in [1.807, 2.05) is 61.5 Å². The molecule has 0 fully saturated rings. The average Bonchev–Trinajstić information content (AvgIpc) is 3.20. The topological polar surface area (TPSA) is 77.8 Å². The number of nitrogens with one attached hydrogen (secondary N) is 1. The number of rotatable bonds is 8. The molecule has 144 valence electrons. The van der Waals surface area contributed by atoms with Gasteiger partial charge >= 0.3 is 5.97 Å². The van der Waals surface area contributed by atoms with Crippen molar-refractivity contribution < 1.29 is 23.5 Å². The van der Waals surface area contributed by atoms with Gasteiger partial charge in [0.1, 0.15) is 12.4 Å². The minimum Gasteiger partial charge on any atom is -0.489 e. The van der Waals surface area contributed by atoms with Gasteiger partial charge in [-0.15, -0.1) is 0 Å². The van der Waals surface area contributed by atoms with Gasteiger partial charge in [-0.05, 0) is 36.2 Å². The minimum absolute atomic E-state index is 0.0256. The Morgan fingerprint density at radius 3 is 2.50 bits per heavy atom. The van der Waals surface area contributed by atoms with Crippen LogP contribution in [0.4, 0.5) is 5.69 Å². The molecule has 6 nitrogen and oxygen atoms in total. The summed E-state index contributed by atoms with van der Waals surface area (Å²) in [6, 6.07) is 18.4. The number of carbonyl (C=O) groups excluding carboxylic acids is 2. The first-order valence-electron chi connectivity index (χ1n) is 8.96. The molecule has 0 aliphatic carbocycles. The van der Waals surface area contributed by atoms with Gasteiger partial charge in [0.05, 0.1) is 6.26 Å². The largest absolute Gasteiger partial charge is 0.489 e. The van der Waals surface area contributed by atoms with Crippen molar-refractivity contribution in [2.24, 2.45) is 0 Å². The number of benzene rings is 2. The molecule has 0 radical (unpaired) electrons. The molecule has 0 spiro atoms. The standard InChI is InChI=1S/C22H21NO5/c1-2-16-8-6-7-11-19(16)23-20(24)15-28-22(25)21-17(12-13-26-21)14-27-18-9-4-3-5-10-18/h3-13H,2,14-15H2,1H3,(H,23,24). The second-order valence-corrected chi connectivity index (χ2v) is 6.01. The minimum atomic E-state index is -0.712. The van der Waals surface area contributed by atoms with Crippen LogP contribution in [0, 0.1) is 0 Å². The highest BCUT2D eigenvalue weighted by molar-refractivity contribution is 5.95. The molecule has 1 amide bonds. The predicted octanol–water partition coefficient (Wildman–Crippen LogP) is 4.22. The first-order chi connectivity index (χ1) is 13.7. The first-order valence-corrected chi connectivity index (χ1v) is 8.96. The van der Waals surface area contributed by atoms with Crippen LogP contribution in [0.3, 0.4) is 0 Å². The lowest BCUT2D eigenvalue weighted by Gasteiger charge is -2.10. The normalized spacial score (nSPS) is 10.3. The van der Waals surface area contributed by atoms with E-state index < -0.39 is 18.5 Å². The molecule has 0 aliphatic rings. The molecule has 0 bridgehead atoms. The van der Waals surface area contributed by atoms with Gasteiger partial charge in [-0.2, -0.15) is 0 Å². The maximum absolute atomic E-state index is 12.3. The van der Waals surface area contributed by atoms with E-state index >= 15 is 0 Å². The van der Waals surface area contributed by atoms with Gasteiger partial charge in [0.25, 0.3) is 5.91 Å². The van der Waals surface area contributed by atoms with E-state index in [2.05, 4.69) is 5.32 Å². The third-order valence-electron chi connectivity index (χ3n) is 4.08. The van der Waals surface area contributed by atoms with Crippen molar-refractivity contribution in [3.05, 3.63) is 83.8 Å². The summed E-state index contributed by atoms with van der Waals surface area (Å²) >= 11 is 0. The zero-order chi connectivity index (χ0) is 19.8. The molecule has 0 saturated heterocycles. The number of furan rings is 1. The van der Waals surface area contributed by atoms with E-state index in [1.54, 1.807) is 6.07 Å². The fourth-order valence-corrected chi connectivity index (χ4v) is 2.64. The Kier molecular flexibility index (Phi) is 6.46. The fraction of sp³-hybridized carbons (Fsp3) is 0.182. The Bertz CT molecular complexity index is 933. The Labute approximate surface area is 163 Å². The van der Waals surface area contributed by atoms with Crippen LogP contribution in [0.15, 0.2) is 71.3 Å². The van der Waals surface area contributed by atoms with Crippen LogP contribution >= 0.6 is 0 Å². The highest BCUT2D eigenvalue weighted by Gasteiger charge is 2.19. The molecule has 1 heterocycles. The number of ether oxygens (including phenoxy) is 2. The molecular formula is C22H21NO5. The molecule has 3 aromatic rings. The van der Waals surface area contributed by atoms with Gasteiger partial charge < -0.3 is 19.2 Å². The maximum atomic E-state index is 12.3. The molecule has 1 aromatic heterocycles. The summed E-state index contributed by atoms with van der Waals surface area (Å²) in [6.07, 6.45) is 2.17. The van der Waals surface area contributed by atoms with Gasteiger partial charge in [0.2, 0.25) is 5.76 Å². The summed E-state index contributed by atoms with van der Waals surface area (Å²) < 4.78 is 15.9. The van der Waals surface area contributed by atoms with Gasteiger partial charge in [0, 0.05) is 11.3 Å². The molecule has 28 heavy (non-hydrogen) atoms. The molecule has 6 heteroatoms. The summed E-state index contributed by atoms with van der Waals surface area (Å²) in [5.41, 5.74) is 2.26. The Morgan fingerprint density at radius 1 is 0.964 bits per heavy atom. The van der Waals surface area contributed by atoms with Crippen LogP contribution in [0.5, 0.6) is 5.75 Å². The van der Waals surface area contributed by atoms with E-state index in [-0.39, 0.29) is 12.4 Å². The van der Waals surface area contributed by atoms with Crippen molar-refractivity contribution in [2.75, 3.05) is 11.9 Å². The van der Waals surface area contributed by atoms with Crippen molar-refractivity contribution in [1.29, 1.82) is 0 Å². The summed E-state index contributed by atoms with van der Waals surface area (Å²) in [4.78, 5) is 24.4. The molecule has 2 aromatic carbocycles. The van der Waals surface area contributed by atoms with E-state index in [9.17, 15) is 9.59 Å². The summed E-state index contributed by atoms with van der Waals surface area (Å²) in [5.74, 6) is -0.423. The number of para-hydroxylation sites is 2. The Morgan fingerprint density at radius 2 is 1.71 bits per heavy atom. The lowest BCUT2D eigenvalue weighted by Crippen LogP contribution is -2.21. The molecule has 3 rings (SSSR count). The second-order valence-electron chi connectivity index (χ2n) is 6.01. The predicted molar refractivity (Wildman–Crippen MR) is 104 cm³/mol. The molecule has 0 aliphatic heterocycles.